The Balaban J connectivity index is 1.69. The van der Waals surface area contributed by atoms with Gasteiger partial charge in [0.05, 0.1) is 6.04 Å². The molecule has 4 heteroatoms. The van der Waals surface area contributed by atoms with Crippen LogP contribution >= 0.6 is 11.6 Å². The number of carbonyl (C=O) groups is 1. The van der Waals surface area contributed by atoms with E-state index in [1.807, 2.05) is 37.3 Å². The Kier molecular flexibility index (Phi) is 4.08. The fourth-order valence-corrected chi connectivity index (χ4v) is 3.23. The number of aryl methyl sites for hydroxylation is 1. The number of fused-ring (bicyclic) bond motifs is 1. The van der Waals surface area contributed by atoms with Crippen LogP contribution in [0.5, 0.6) is 0 Å². The zero-order chi connectivity index (χ0) is 15.7. The molecule has 1 aliphatic rings. The largest absolute Gasteiger partial charge is 0.373 e. The van der Waals surface area contributed by atoms with E-state index in [9.17, 15) is 4.79 Å². The highest BCUT2D eigenvalue weighted by Gasteiger charge is 2.28. The molecule has 22 heavy (non-hydrogen) atoms. The summed E-state index contributed by atoms with van der Waals surface area (Å²) in [5, 5.41) is 7.05. The van der Waals surface area contributed by atoms with Gasteiger partial charge in [0, 0.05) is 17.1 Å². The van der Waals surface area contributed by atoms with Crippen molar-refractivity contribution in [1.29, 1.82) is 0 Å². The Morgan fingerprint density at radius 2 is 2.05 bits per heavy atom. The van der Waals surface area contributed by atoms with Crippen LogP contribution in [0.2, 0.25) is 5.02 Å². The fourth-order valence-electron chi connectivity index (χ4n) is 2.93. The van der Waals surface area contributed by atoms with E-state index in [-0.39, 0.29) is 18.0 Å². The van der Waals surface area contributed by atoms with E-state index in [0.29, 0.717) is 5.02 Å². The molecular weight excluding hydrogens is 296 g/mol. The molecule has 2 aromatic rings. The average Bonchev–Trinajstić information content (AvgIpc) is 2.93. The summed E-state index contributed by atoms with van der Waals surface area (Å²) in [6, 6.07) is 13.4. The minimum Gasteiger partial charge on any atom is -0.373 e. The highest BCUT2D eigenvalue weighted by molar-refractivity contribution is 6.31. The standard InChI is InChI=1S/C18H19ClN2O/c1-11-6-5-7-13-10-16(21-17(11)13)18(22)20-12(2)14-8-3-4-9-15(14)19/h3-9,12,16,21H,10H2,1-2H3,(H,20,22)/t12-,16?/m0/s1. The van der Waals surface area contributed by atoms with Crippen LogP contribution < -0.4 is 10.6 Å². The molecule has 114 valence electrons. The summed E-state index contributed by atoms with van der Waals surface area (Å²) >= 11 is 6.19. The van der Waals surface area contributed by atoms with E-state index in [1.165, 1.54) is 11.1 Å². The van der Waals surface area contributed by atoms with Gasteiger partial charge in [-0.15, -0.1) is 0 Å². The number of nitrogens with one attached hydrogen (secondary N) is 2. The van der Waals surface area contributed by atoms with Gasteiger partial charge in [-0.05, 0) is 36.6 Å². The van der Waals surface area contributed by atoms with Crippen LogP contribution in [-0.4, -0.2) is 11.9 Å². The van der Waals surface area contributed by atoms with E-state index in [4.69, 9.17) is 11.6 Å². The molecule has 0 aromatic heterocycles. The molecule has 1 unspecified atom stereocenters. The second-order valence-electron chi connectivity index (χ2n) is 5.76. The summed E-state index contributed by atoms with van der Waals surface area (Å²) in [6.45, 7) is 4.00. The molecule has 0 saturated carbocycles. The van der Waals surface area contributed by atoms with Crippen LogP contribution in [0.1, 0.15) is 29.7 Å². The van der Waals surface area contributed by atoms with E-state index in [2.05, 4.69) is 29.7 Å². The molecule has 0 spiro atoms. The predicted octanol–water partition coefficient (Wildman–Crippen LogP) is 3.86. The quantitative estimate of drug-likeness (QED) is 0.903. The molecule has 0 bridgehead atoms. The van der Waals surface area contributed by atoms with Crippen molar-refractivity contribution in [3.8, 4) is 0 Å². The van der Waals surface area contributed by atoms with Crippen LogP contribution in [0.15, 0.2) is 42.5 Å². The minimum atomic E-state index is -0.221. The molecular formula is C18H19ClN2O. The Morgan fingerprint density at radius 3 is 2.77 bits per heavy atom. The van der Waals surface area contributed by atoms with Crippen LogP contribution in [0.25, 0.3) is 0 Å². The number of anilines is 1. The second-order valence-corrected chi connectivity index (χ2v) is 6.17. The highest BCUT2D eigenvalue weighted by Crippen LogP contribution is 2.29. The molecule has 3 rings (SSSR count). The Hall–Kier alpha value is -2.00. The predicted molar refractivity (Wildman–Crippen MR) is 90.3 cm³/mol. The first kappa shape index (κ1) is 14.9. The van der Waals surface area contributed by atoms with Crippen molar-refractivity contribution in [2.24, 2.45) is 0 Å². The molecule has 2 N–H and O–H groups in total. The second kappa shape index (κ2) is 6.01. The molecule has 0 fully saturated rings. The maximum absolute atomic E-state index is 12.5. The molecule has 2 atom stereocenters. The van der Waals surface area contributed by atoms with Crippen molar-refractivity contribution in [3.05, 3.63) is 64.2 Å². The average molecular weight is 315 g/mol. The van der Waals surface area contributed by atoms with Crippen molar-refractivity contribution in [3.63, 3.8) is 0 Å². The first-order valence-corrected chi connectivity index (χ1v) is 7.84. The molecule has 1 amide bonds. The zero-order valence-electron chi connectivity index (χ0n) is 12.7. The summed E-state index contributed by atoms with van der Waals surface area (Å²) in [5.41, 5.74) is 4.40. The van der Waals surface area contributed by atoms with Crippen LogP contribution in [0.4, 0.5) is 5.69 Å². The van der Waals surface area contributed by atoms with Crippen LogP contribution in [0, 0.1) is 6.92 Å². The molecule has 0 saturated heterocycles. The lowest BCUT2D eigenvalue weighted by Gasteiger charge is -2.19. The van der Waals surface area contributed by atoms with Gasteiger partial charge in [0.2, 0.25) is 5.91 Å². The van der Waals surface area contributed by atoms with Gasteiger partial charge in [-0.2, -0.15) is 0 Å². The van der Waals surface area contributed by atoms with Gasteiger partial charge in [-0.3, -0.25) is 4.79 Å². The topological polar surface area (TPSA) is 41.1 Å². The number of carbonyl (C=O) groups excluding carboxylic acids is 1. The lowest BCUT2D eigenvalue weighted by atomic mass is 10.1. The third kappa shape index (κ3) is 2.81. The lowest BCUT2D eigenvalue weighted by Crippen LogP contribution is -2.39. The van der Waals surface area contributed by atoms with Crippen molar-refractivity contribution in [2.75, 3.05) is 5.32 Å². The van der Waals surface area contributed by atoms with Gasteiger partial charge in [-0.25, -0.2) is 0 Å². The maximum Gasteiger partial charge on any atom is 0.243 e. The number of hydrogen-bond acceptors (Lipinski definition) is 2. The van der Waals surface area contributed by atoms with Crippen molar-refractivity contribution < 1.29 is 4.79 Å². The van der Waals surface area contributed by atoms with Crippen molar-refractivity contribution in [1.82, 2.24) is 5.32 Å². The highest BCUT2D eigenvalue weighted by atomic mass is 35.5. The van der Waals surface area contributed by atoms with Gasteiger partial charge in [-0.1, -0.05) is 48.0 Å². The third-order valence-electron chi connectivity index (χ3n) is 4.15. The maximum atomic E-state index is 12.5. The first-order chi connectivity index (χ1) is 10.6. The van der Waals surface area contributed by atoms with Gasteiger partial charge in [0.1, 0.15) is 6.04 Å². The van der Waals surface area contributed by atoms with Crippen LogP contribution in [-0.2, 0) is 11.2 Å². The summed E-state index contributed by atoms with van der Waals surface area (Å²) in [6.07, 6.45) is 0.720. The van der Waals surface area contributed by atoms with Crippen molar-refractivity contribution >= 4 is 23.2 Å². The van der Waals surface area contributed by atoms with Crippen molar-refractivity contribution in [2.45, 2.75) is 32.4 Å². The fraction of sp³-hybridized carbons (Fsp3) is 0.278. The Labute approximate surface area is 135 Å². The normalized spacial score (nSPS) is 17.5. The number of amides is 1. The summed E-state index contributed by atoms with van der Waals surface area (Å²) < 4.78 is 0. The Bertz CT molecular complexity index is 714. The zero-order valence-corrected chi connectivity index (χ0v) is 13.4. The molecule has 3 nitrogen and oxygen atoms in total. The van der Waals surface area contributed by atoms with E-state index >= 15 is 0 Å². The molecule has 0 aliphatic carbocycles. The molecule has 1 heterocycles. The van der Waals surface area contributed by atoms with Gasteiger partial charge >= 0.3 is 0 Å². The summed E-state index contributed by atoms with van der Waals surface area (Å²) in [5.74, 6) is 0.00280. The monoisotopic (exact) mass is 314 g/mol. The summed E-state index contributed by atoms with van der Waals surface area (Å²) in [7, 11) is 0. The van der Waals surface area contributed by atoms with Crippen LogP contribution in [0.3, 0.4) is 0 Å². The van der Waals surface area contributed by atoms with Gasteiger partial charge in [0.15, 0.2) is 0 Å². The number of halogens is 1. The first-order valence-electron chi connectivity index (χ1n) is 7.46. The van der Waals surface area contributed by atoms with E-state index in [0.717, 1.165) is 17.7 Å². The SMILES string of the molecule is Cc1cccc2c1NC(C(=O)N[C@@H](C)c1ccccc1Cl)C2. The van der Waals surface area contributed by atoms with Gasteiger partial charge in [0.25, 0.3) is 0 Å². The lowest BCUT2D eigenvalue weighted by molar-refractivity contribution is -0.122. The summed E-state index contributed by atoms with van der Waals surface area (Å²) in [4.78, 5) is 12.5. The molecule has 0 radical (unpaired) electrons. The van der Waals surface area contributed by atoms with E-state index < -0.39 is 0 Å². The number of para-hydroxylation sites is 1. The number of hydrogen-bond donors (Lipinski definition) is 2. The smallest absolute Gasteiger partial charge is 0.243 e. The molecule has 2 aromatic carbocycles. The minimum absolute atomic E-state index is 0.00280. The number of rotatable bonds is 3. The Morgan fingerprint density at radius 1 is 1.27 bits per heavy atom. The van der Waals surface area contributed by atoms with E-state index in [1.54, 1.807) is 0 Å². The number of benzene rings is 2. The van der Waals surface area contributed by atoms with Gasteiger partial charge < -0.3 is 10.6 Å². The third-order valence-corrected chi connectivity index (χ3v) is 4.49. The molecule has 1 aliphatic heterocycles.